The van der Waals surface area contributed by atoms with Crippen LogP contribution < -0.4 is 5.43 Å². The highest BCUT2D eigenvalue weighted by Crippen LogP contribution is 2.30. The van der Waals surface area contributed by atoms with Crippen molar-refractivity contribution in [1.29, 1.82) is 0 Å². The Bertz CT molecular complexity index is 871. The van der Waals surface area contributed by atoms with Crippen LogP contribution in [0.25, 0.3) is 16.5 Å². The van der Waals surface area contributed by atoms with E-state index in [-0.39, 0.29) is 0 Å². The van der Waals surface area contributed by atoms with Crippen molar-refractivity contribution in [2.45, 2.75) is 52.2 Å². The van der Waals surface area contributed by atoms with Gasteiger partial charge in [0, 0.05) is 30.2 Å². The van der Waals surface area contributed by atoms with Crippen LogP contribution in [0.5, 0.6) is 0 Å². The molecule has 0 aromatic carbocycles. The largest absolute Gasteiger partial charge is 0.378 e. The van der Waals surface area contributed by atoms with Crippen LogP contribution in [-0.4, -0.2) is 33.5 Å². The molecule has 0 bridgehead atoms. The van der Waals surface area contributed by atoms with E-state index in [1.54, 1.807) is 27.1 Å². The fourth-order valence-corrected chi connectivity index (χ4v) is 2.89. The molecule has 2 heterocycles. The Hall–Kier alpha value is -2.58. The lowest BCUT2D eigenvalue weighted by Crippen LogP contribution is -2.14. The lowest BCUT2D eigenvalue weighted by molar-refractivity contribution is 0.143. The zero-order valence-electron chi connectivity index (χ0n) is 16.3. The Balaban J connectivity index is 2.64. The molecule has 2 rings (SSSR count). The second-order valence-corrected chi connectivity index (χ2v) is 6.82. The maximum Gasteiger partial charge on any atom is 0.120 e. The summed E-state index contributed by atoms with van der Waals surface area (Å²) in [5.74, 6) is 5.77. The molecule has 0 aliphatic carbocycles. The molecule has 0 saturated carbocycles. The van der Waals surface area contributed by atoms with Crippen LogP contribution in [0, 0.1) is 11.8 Å². The first kappa shape index (κ1) is 19.7. The Morgan fingerprint density at radius 2 is 2.15 bits per heavy atom. The van der Waals surface area contributed by atoms with E-state index in [4.69, 9.17) is 0 Å². The number of hydrazone groups is 1. The number of rotatable bonds is 6. The molecule has 5 heteroatoms. The highest BCUT2D eigenvalue weighted by molar-refractivity contribution is 6.14. The molecule has 26 heavy (non-hydrogen) atoms. The number of nitrogens with one attached hydrogen (secondary N) is 1. The van der Waals surface area contributed by atoms with Crippen molar-refractivity contribution in [1.82, 2.24) is 15.0 Å². The highest BCUT2D eigenvalue weighted by atomic mass is 16.3. The van der Waals surface area contributed by atoms with Gasteiger partial charge >= 0.3 is 0 Å². The quantitative estimate of drug-likeness (QED) is 0.473. The second-order valence-electron chi connectivity index (χ2n) is 6.82. The van der Waals surface area contributed by atoms with Crippen LogP contribution in [0.3, 0.4) is 0 Å². The number of hydrogen-bond acceptors (Lipinski definition) is 4. The maximum atomic E-state index is 9.83. The molecule has 0 saturated heterocycles. The second kappa shape index (κ2) is 8.20. The number of pyridine rings is 1. The topological polar surface area (TPSA) is 62.4 Å². The van der Waals surface area contributed by atoms with E-state index in [2.05, 4.69) is 58.5 Å². The first-order valence-electron chi connectivity index (χ1n) is 8.95. The zero-order valence-corrected chi connectivity index (χ0v) is 16.3. The van der Waals surface area contributed by atoms with Gasteiger partial charge in [0.25, 0.3) is 0 Å². The van der Waals surface area contributed by atoms with Gasteiger partial charge < -0.3 is 15.1 Å². The number of fused-ring (bicyclic) bond motifs is 1. The van der Waals surface area contributed by atoms with Gasteiger partial charge in [0.1, 0.15) is 11.3 Å². The summed E-state index contributed by atoms with van der Waals surface area (Å²) < 4.78 is 2.27. The third kappa shape index (κ3) is 4.53. The summed E-state index contributed by atoms with van der Waals surface area (Å²) in [6.07, 6.45) is 7.78. The summed E-state index contributed by atoms with van der Waals surface area (Å²) in [7, 11) is 1.76. The molecule has 2 aromatic heterocycles. The molecule has 138 valence electrons. The third-order valence-corrected chi connectivity index (χ3v) is 4.25. The standard InChI is InChI=1S/C21H28N4O/c1-7-17(8-2)25-14-19(15(3)12-24-22-6)18-11-16(23-13-20(18)25)9-10-21(4,5)26/h11-14,17,22,26H,3,7-8H2,1-2,4-6H3/b24-12-. The number of aromatic nitrogens is 2. The van der Waals surface area contributed by atoms with Crippen LogP contribution in [0.2, 0.25) is 0 Å². The van der Waals surface area contributed by atoms with E-state index < -0.39 is 5.60 Å². The molecule has 2 N–H and O–H groups in total. The van der Waals surface area contributed by atoms with Crippen molar-refractivity contribution >= 4 is 22.7 Å². The lowest BCUT2D eigenvalue weighted by atomic mass is 10.1. The predicted octanol–water partition coefficient (Wildman–Crippen LogP) is 3.74. The van der Waals surface area contributed by atoms with E-state index in [1.165, 1.54) is 0 Å². The molecule has 0 atom stereocenters. The van der Waals surface area contributed by atoms with Crippen LogP contribution in [0.4, 0.5) is 0 Å². The molecule has 2 aromatic rings. The first-order chi connectivity index (χ1) is 12.3. The third-order valence-electron chi connectivity index (χ3n) is 4.25. The summed E-state index contributed by atoms with van der Waals surface area (Å²) in [4.78, 5) is 4.48. The van der Waals surface area contributed by atoms with Gasteiger partial charge in [-0.25, -0.2) is 4.98 Å². The molecule has 0 aliphatic rings. The number of aliphatic hydroxyl groups is 1. The Morgan fingerprint density at radius 1 is 1.46 bits per heavy atom. The number of allylic oxidation sites excluding steroid dienone is 1. The highest BCUT2D eigenvalue weighted by Gasteiger charge is 2.16. The minimum atomic E-state index is -1.05. The fraction of sp³-hybridized carbons (Fsp3) is 0.429. The van der Waals surface area contributed by atoms with Crippen LogP contribution in [0.1, 0.15) is 57.8 Å². The van der Waals surface area contributed by atoms with Gasteiger partial charge in [0.2, 0.25) is 0 Å². The van der Waals surface area contributed by atoms with Crippen molar-refractivity contribution in [3.8, 4) is 11.8 Å². The van der Waals surface area contributed by atoms with Gasteiger partial charge in [-0.05, 0) is 44.2 Å². The minimum Gasteiger partial charge on any atom is -0.378 e. The molecule has 5 nitrogen and oxygen atoms in total. The molecular weight excluding hydrogens is 324 g/mol. The molecule has 0 amide bonds. The lowest BCUT2D eigenvalue weighted by Gasteiger charge is -2.16. The molecule has 0 spiro atoms. The predicted molar refractivity (Wildman–Crippen MR) is 109 cm³/mol. The van der Waals surface area contributed by atoms with Gasteiger partial charge in [0.05, 0.1) is 17.9 Å². The summed E-state index contributed by atoms with van der Waals surface area (Å²) in [6.45, 7) is 11.8. The first-order valence-corrected chi connectivity index (χ1v) is 8.95. The average Bonchev–Trinajstić information content (AvgIpc) is 2.97. The van der Waals surface area contributed by atoms with Gasteiger partial charge in [-0.15, -0.1) is 0 Å². The zero-order chi connectivity index (χ0) is 19.3. The normalized spacial score (nSPS) is 11.8. The SMILES string of the molecule is C=C(/C=N\NC)c1cn(C(CC)CC)c2cnc(C#CC(C)(C)O)cc12. The maximum absolute atomic E-state index is 9.83. The minimum absolute atomic E-state index is 0.399. The van der Waals surface area contributed by atoms with Crippen molar-refractivity contribution in [3.63, 3.8) is 0 Å². The Morgan fingerprint density at radius 3 is 2.73 bits per heavy atom. The molecule has 0 fully saturated rings. The molecule has 0 unspecified atom stereocenters. The van der Waals surface area contributed by atoms with E-state index in [1.807, 2.05) is 12.3 Å². The van der Waals surface area contributed by atoms with E-state index >= 15 is 0 Å². The smallest absolute Gasteiger partial charge is 0.120 e. The summed E-state index contributed by atoms with van der Waals surface area (Å²) in [5.41, 5.74) is 5.22. The average molecular weight is 352 g/mol. The molecular formula is C21H28N4O. The monoisotopic (exact) mass is 352 g/mol. The molecule has 0 radical (unpaired) electrons. The summed E-state index contributed by atoms with van der Waals surface area (Å²) in [6, 6.07) is 2.36. The fourth-order valence-electron chi connectivity index (χ4n) is 2.89. The Kier molecular flexibility index (Phi) is 6.23. The summed E-state index contributed by atoms with van der Waals surface area (Å²) >= 11 is 0. The Labute approximate surface area is 155 Å². The van der Waals surface area contributed by atoms with Gasteiger partial charge in [-0.3, -0.25) is 0 Å². The van der Waals surface area contributed by atoms with Crippen LogP contribution >= 0.6 is 0 Å². The van der Waals surface area contributed by atoms with Crippen molar-refractivity contribution in [3.05, 3.63) is 36.3 Å². The van der Waals surface area contributed by atoms with Crippen molar-refractivity contribution in [2.75, 3.05) is 7.05 Å². The van der Waals surface area contributed by atoms with Crippen LogP contribution in [-0.2, 0) is 0 Å². The summed E-state index contributed by atoms with van der Waals surface area (Å²) in [5, 5.41) is 15.0. The van der Waals surface area contributed by atoms with Gasteiger partial charge in [-0.2, -0.15) is 5.10 Å². The van der Waals surface area contributed by atoms with Gasteiger partial charge in [-0.1, -0.05) is 26.3 Å². The van der Waals surface area contributed by atoms with E-state index in [9.17, 15) is 5.11 Å². The van der Waals surface area contributed by atoms with Gasteiger partial charge in [0.15, 0.2) is 0 Å². The van der Waals surface area contributed by atoms with E-state index in [0.717, 1.165) is 34.9 Å². The number of hydrogen-bond donors (Lipinski definition) is 2. The molecule has 0 aliphatic heterocycles. The van der Waals surface area contributed by atoms with Crippen LogP contribution in [0.15, 0.2) is 30.1 Å². The van der Waals surface area contributed by atoms with Crippen molar-refractivity contribution in [2.24, 2.45) is 5.10 Å². The number of nitrogens with zero attached hydrogens (tertiary/aromatic N) is 3. The van der Waals surface area contributed by atoms with Crippen molar-refractivity contribution < 1.29 is 5.11 Å². The van der Waals surface area contributed by atoms with E-state index in [0.29, 0.717) is 11.7 Å².